The van der Waals surface area contributed by atoms with Gasteiger partial charge in [-0.15, -0.1) is 0 Å². The number of benzene rings is 6. The van der Waals surface area contributed by atoms with E-state index in [-0.39, 0.29) is 5.41 Å². The summed E-state index contributed by atoms with van der Waals surface area (Å²) in [4.78, 5) is 0. The van der Waals surface area contributed by atoms with Gasteiger partial charge < -0.3 is 4.42 Å². The average Bonchev–Trinajstić information content (AvgIpc) is 3.64. The highest BCUT2D eigenvalue weighted by Gasteiger charge is 2.51. The molecule has 0 aliphatic heterocycles. The van der Waals surface area contributed by atoms with Gasteiger partial charge in [-0.3, -0.25) is 0 Å². The largest absolute Gasteiger partial charge is 0.456 e. The maximum Gasteiger partial charge on any atom is 0.136 e. The Kier molecular flexibility index (Phi) is 4.40. The van der Waals surface area contributed by atoms with Crippen LogP contribution in [0.1, 0.15) is 34.7 Å². The molecule has 1 nitrogen and oxygen atoms in total. The predicted octanol–water partition coefficient (Wildman–Crippen LogP) is 10.6. The van der Waals surface area contributed by atoms with Crippen molar-refractivity contribution in [3.63, 3.8) is 0 Å². The van der Waals surface area contributed by atoms with Gasteiger partial charge in [0, 0.05) is 10.8 Å². The van der Waals surface area contributed by atoms with E-state index in [1.165, 1.54) is 55.6 Å². The molecule has 1 spiro atoms. The van der Waals surface area contributed by atoms with E-state index in [2.05, 4.69) is 135 Å². The summed E-state index contributed by atoms with van der Waals surface area (Å²) in [5.74, 6) is 0. The van der Waals surface area contributed by atoms with Crippen LogP contribution in [0.4, 0.5) is 0 Å². The molecule has 192 valence electrons. The van der Waals surface area contributed by atoms with E-state index in [0.29, 0.717) is 0 Å². The van der Waals surface area contributed by atoms with Crippen molar-refractivity contribution in [2.75, 3.05) is 0 Å². The molecule has 0 radical (unpaired) electrons. The van der Waals surface area contributed by atoms with Crippen molar-refractivity contribution in [1.29, 1.82) is 0 Å². The van der Waals surface area contributed by atoms with E-state index >= 15 is 0 Å². The highest BCUT2D eigenvalue weighted by Crippen LogP contribution is 2.63. The zero-order valence-corrected chi connectivity index (χ0v) is 22.7. The monoisotopic (exact) mass is 522 g/mol. The average molecular weight is 523 g/mol. The summed E-state index contributed by atoms with van der Waals surface area (Å²) in [5.41, 5.74) is 16.8. The summed E-state index contributed by atoms with van der Waals surface area (Å²) >= 11 is 0. The first kappa shape index (κ1) is 22.7. The molecule has 1 aromatic heterocycles. The van der Waals surface area contributed by atoms with Crippen LogP contribution in [0.25, 0.3) is 60.9 Å². The van der Waals surface area contributed by atoms with Crippen LogP contribution in [0, 0.1) is 0 Å². The molecule has 9 rings (SSSR count). The minimum Gasteiger partial charge on any atom is -0.456 e. The molecule has 0 saturated carbocycles. The lowest BCUT2D eigenvalue weighted by Crippen LogP contribution is -2.25. The van der Waals surface area contributed by atoms with Crippen LogP contribution in [-0.4, -0.2) is 0 Å². The second-order valence-electron chi connectivity index (χ2n) is 11.4. The molecule has 0 N–H and O–H groups in total. The zero-order chi connectivity index (χ0) is 27.3. The Morgan fingerprint density at radius 3 is 1.85 bits per heavy atom. The molecule has 0 bridgehead atoms. The van der Waals surface area contributed by atoms with Crippen molar-refractivity contribution in [3.05, 3.63) is 162 Å². The molecule has 41 heavy (non-hydrogen) atoms. The number of allylic oxidation sites excluding steroid dienone is 1. The van der Waals surface area contributed by atoms with E-state index in [4.69, 9.17) is 4.42 Å². The number of hydrogen-bond acceptors (Lipinski definition) is 1. The molecule has 7 aromatic rings. The van der Waals surface area contributed by atoms with Gasteiger partial charge >= 0.3 is 0 Å². The van der Waals surface area contributed by atoms with Gasteiger partial charge in [0.1, 0.15) is 11.2 Å². The summed E-state index contributed by atoms with van der Waals surface area (Å²) in [6.45, 7) is 6.32. The van der Waals surface area contributed by atoms with Crippen LogP contribution in [0.15, 0.2) is 138 Å². The third-order valence-electron chi connectivity index (χ3n) is 9.29. The Labute approximate surface area is 239 Å². The third-order valence-corrected chi connectivity index (χ3v) is 9.29. The third kappa shape index (κ3) is 2.76. The molecule has 2 aliphatic carbocycles. The van der Waals surface area contributed by atoms with Gasteiger partial charge in [-0.05, 0) is 86.3 Å². The van der Waals surface area contributed by atoms with Crippen LogP contribution < -0.4 is 0 Å². The highest BCUT2D eigenvalue weighted by atomic mass is 16.3. The molecule has 1 heteroatoms. The minimum absolute atomic E-state index is 0.339. The Balaban J connectivity index is 1.38. The van der Waals surface area contributed by atoms with Gasteiger partial charge in [0.15, 0.2) is 0 Å². The maximum absolute atomic E-state index is 6.30. The van der Waals surface area contributed by atoms with Crippen LogP contribution >= 0.6 is 0 Å². The SMILES string of the molecule is C=C(C)c1cccc2oc3ccc(-c4cccc5c4-c4ccccc4C54c5ccccc5-c5ccccc54)cc3c12. The Bertz CT molecular complexity index is 2200. The second-order valence-corrected chi connectivity index (χ2v) is 11.4. The van der Waals surface area contributed by atoms with Crippen molar-refractivity contribution in [2.45, 2.75) is 12.3 Å². The minimum atomic E-state index is -0.339. The number of hydrogen-bond donors (Lipinski definition) is 0. The van der Waals surface area contributed by atoms with Crippen LogP contribution in [0.2, 0.25) is 0 Å². The fourth-order valence-corrected chi connectivity index (χ4v) is 7.73. The second kappa shape index (κ2) is 7.96. The standard InChI is InChI=1S/C40H26O/c1-24(2)26-14-10-20-37-39(26)31-23-25(21-22-36(31)41-37)27-15-9-19-35-38(27)30-13-5-8-18-34(30)40(35)32-16-6-3-11-28(32)29-12-4-7-17-33(29)40/h3-23H,1H2,2H3. The molecular formula is C40H26O. The van der Waals surface area contributed by atoms with E-state index < -0.39 is 0 Å². The van der Waals surface area contributed by atoms with E-state index in [1.54, 1.807) is 0 Å². The fourth-order valence-electron chi connectivity index (χ4n) is 7.73. The molecule has 0 saturated heterocycles. The van der Waals surface area contributed by atoms with Gasteiger partial charge in [0.25, 0.3) is 0 Å². The van der Waals surface area contributed by atoms with Crippen molar-refractivity contribution in [3.8, 4) is 33.4 Å². The molecule has 2 aliphatic rings. The molecule has 0 fully saturated rings. The van der Waals surface area contributed by atoms with Crippen molar-refractivity contribution >= 4 is 27.5 Å². The fraction of sp³-hybridized carbons (Fsp3) is 0.0500. The van der Waals surface area contributed by atoms with Crippen LogP contribution in [-0.2, 0) is 5.41 Å². The Hall–Kier alpha value is -5.14. The molecule has 0 unspecified atom stereocenters. The number of fused-ring (bicyclic) bond motifs is 13. The molecular weight excluding hydrogens is 496 g/mol. The summed E-state index contributed by atoms with van der Waals surface area (Å²) in [7, 11) is 0. The van der Waals surface area contributed by atoms with Gasteiger partial charge in [0.2, 0.25) is 0 Å². The lowest BCUT2D eigenvalue weighted by molar-refractivity contribution is 0.669. The highest BCUT2D eigenvalue weighted by molar-refractivity contribution is 6.11. The summed E-state index contributed by atoms with van der Waals surface area (Å²) < 4.78 is 6.30. The van der Waals surface area contributed by atoms with Crippen molar-refractivity contribution in [2.24, 2.45) is 0 Å². The van der Waals surface area contributed by atoms with Gasteiger partial charge in [-0.25, -0.2) is 0 Å². The van der Waals surface area contributed by atoms with Crippen LogP contribution in [0.3, 0.4) is 0 Å². The summed E-state index contributed by atoms with van der Waals surface area (Å²) in [6, 6.07) is 46.7. The molecule has 6 aromatic carbocycles. The first-order valence-electron chi connectivity index (χ1n) is 14.2. The predicted molar refractivity (Wildman–Crippen MR) is 170 cm³/mol. The van der Waals surface area contributed by atoms with E-state index in [9.17, 15) is 0 Å². The number of furan rings is 1. The molecule has 0 amide bonds. The van der Waals surface area contributed by atoms with Gasteiger partial charge in [-0.2, -0.15) is 0 Å². The summed E-state index contributed by atoms with van der Waals surface area (Å²) in [6.07, 6.45) is 0. The lowest BCUT2D eigenvalue weighted by atomic mass is 9.70. The first-order chi connectivity index (χ1) is 20.2. The van der Waals surface area contributed by atoms with Crippen molar-refractivity contribution < 1.29 is 4.42 Å². The van der Waals surface area contributed by atoms with Gasteiger partial charge in [-0.1, -0.05) is 121 Å². The lowest BCUT2D eigenvalue weighted by Gasteiger charge is -2.30. The van der Waals surface area contributed by atoms with E-state index in [1.807, 2.05) is 6.07 Å². The maximum atomic E-state index is 6.30. The Morgan fingerprint density at radius 2 is 1.15 bits per heavy atom. The normalized spacial score (nSPS) is 13.8. The topological polar surface area (TPSA) is 13.1 Å². The zero-order valence-electron chi connectivity index (χ0n) is 22.7. The molecule has 1 heterocycles. The Morgan fingerprint density at radius 1 is 0.561 bits per heavy atom. The van der Waals surface area contributed by atoms with E-state index in [0.717, 1.165) is 33.1 Å². The summed E-state index contributed by atoms with van der Waals surface area (Å²) in [5, 5.41) is 2.27. The molecule has 0 atom stereocenters. The van der Waals surface area contributed by atoms with Crippen molar-refractivity contribution in [1.82, 2.24) is 0 Å². The number of rotatable bonds is 2. The van der Waals surface area contributed by atoms with Gasteiger partial charge in [0.05, 0.1) is 5.41 Å². The van der Waals surface area contributed by atoms with Crippen LogP contribution in [0.5, 0.6) is 0 Å². The first-order valence-corrected chi connectivity index (χ1v) is 14.2. The smallest absolute Gasteiger partial charge is 0.136 e. The quantitative estimate of drug-likeness (QED) is 0.220.